The zero-order valence-corrected chi connectivity index (χ0v) is 6.35. The monoisotopic (exact) mass is 129 g/mol. The first-order chi connectivity index (χ1) is 2.64. The van der Waals surface area contributed by atoms with Gasteiger partial charge in [-0.3, -0.25) is 6.58 Å². The molecule has 1 heteroatoms. The third kappa shape index (κ3) is 6.19. The Morgan fingerprint density at radius 3 is 1.57 bits per heavy atom. The van der Waals surface area contributed by atoms with E-state index < -0.39 is 0 Å². The Kier molecular flexibility index (Phi) is 6.37. The fraction of sp³-hybridized carbons (Fsp3) is 0.333. The summed E-state index contributed by atoms with van der Waals surface area (Å²) in [6, 6.07) is 0. The average molecular weight is 129 g/mol. The number of hydrogen-bond acceptors (Lipinski definition) is 0. The molecule has 0 saturated heterocycles. The summed E-state index contributed by atoms with van der Waals surface area (Å²) in [6.45, 7) is 12.6. The molecule has 0 saturated carbocycles. The summed E-state index contributed by atoms with van der Waals surface area (Å²) in [5.41, 5.74) is 1.77. The smallest absolute Gasteiger partial charge is 0 e. The number of rotatable bonds is 1. The Morgan fingerprint density at radius 2 is 1.57 bits per heavy atom. The first-order valence-corrected chi connectivity index (χ1v) is 1.89. The van der Waals surface area contributed by atoms with Gasteiger partial charge in [-0.15, -0.1) is 6.92 Å². The van der Waals surface area contributed by atoms with Crippen molar-refractivity contribution in [3.63, 3.8) is 0 Å². The van der Waals surface area contributed by atoms with Crippen LogP contribution < -0.4 is 0 Å². The molecule has 0 fully saturated rings. The van der Waals surface area contributed by atoms with Gasteiger partial charge in [0.05, 0.1) is 0 Å². The molecule has 0 heterocycles. The van der Waals surface area contributed by atoms with E-state index in [2.05, 4.69) is 6.58 Å². The zero-order chi connectivity index (χ0) is 5.15. The predicted molar refractivity (Wildman–Crippen MR) is 28.3 cm³/mol. The van der Waals surface area contributed by atoms with Crippen molar-refractivity contribution in [1.82, 2.24) is 0 Å². The summed E-state index contributed by atoms with van der Waals surface area (Å²) in [6.07, 6.45) is 0. The van der Waals surface area contributed by atoms with Crippen LogP contribution in [0.4, 0.5) is 0 Å². The van der Waals surface area contributed by atoms with Crippen LogP contribution in [0.15, 0.2) is 17.7 Å². The molecule has 0 aliphatic rings. The summed E-state index contributed by atoms with van der Waals surface area (Å²) in [5, 5.41) is 0. The van der Waals surface area contributed by atoms with Crippen LogP contribution in [0.3, 0.4) is 0 Å². The fourth-order valence-corrected chi connectivity index (χ4v) is 0. The van der Waals surface area contributed by atoms with E-state index in [-0.39, 0.29) is 21.7 Å². The maximum atomic E-state index is 5.25. The minimum Gasteiger partial charge on any atom is -0.290 e. The largest absolute Gasteiger partial charge is 0.290 e. The van der Waals surface area contributed by atoms with Crippen LogP contribution in [0, 0.1) is 6.58 Å². The maximum absolute atomic E-state index is 5.25. The van der Waals surface area contributed by atoms with E-state index in [0.717, 1.165) is 11.1 Å². The molecule has 0 bridgehead atoms. The number of allylic oxidation sites excluding steroid dienone is 2. The van der Waals surface area contributed by atoms with Gasteiger partial charge in [-0.2, -0.15) is 6.58 Å². The van der Waals surface area contributed by atoms with Crippen LogP contribution >= 0.6 is 0 Å². The van der Waals surface area contributed by atoms with E-state index in [1.54, 1.807) is 0 Å². The molecule has 0 atom stereocenters. The Hall–Kier alpha value is 0.194. The van der Waals surface area contributed by atoms with Crippen molar-refractivity contribution in [3.8, 4) is 0 Å². The third-order valence-corrected chi connectivity index (χ3v) is 0.673. The van der Waals surface area contributed by atoms with Crippen molar-refractivity contribution in [3.05, 3.63) is 24.3 Å². The molecule has 0 radical (unpaired) electrons. The van der Waals surface area contributed by atoms with Gasteiger partial charge in [-0.25, -0.2) is 11.1 Å². The Morgan fingerprint density at radius 1 is 1.43 bits per heavy atom. The van der Waals surface area contributed by atoms with E-state index in [1.807, 2.05) is 13.8 Å². The fourth-order valence-electron chi connectivity index (χ4n) is 0. The van der Waals surface area contributed by atoms with Crippen molar-refractivity contribution < 1.29 is 21.7 Å². The van der Waals surface area contributed by atoms with Gasteiger partial charge in [0, 0.05) is 21.7 Å². The van der Waals surface area contributed by atoms with Gasteiger partial charge < -0.3 is 0 Å². The minimum absolute atomic E-state index is 0. The van der Waals surface area contributed by atoms with Crippen LogP contribution in [0.2, 0.25) is 0 Å². The minimum atomic E-state index is 0. The quantitative estimate of drug-likeness (QED) is 0.288. The molecule has 0 N–H and O–H groups in total. The molecule has 0 aromatic rings. The summed E-state index contributed by atoms with van der Waals surface area (Å²) in [7, 11) is 0. The predicted octanol–water partition coefficient (Wildman–Crippen LogP) is 1.94. The van der Waals surface area contributed by atoms with Crippen molar-refractivity contribution >= 4 is 0 Å². The van der Waals surface area contributed by atoms with Gasteiger partial charge in [0.25, 0.3) is 0 Å². The average Bonchev–Trinajstić information content (AvgIpc) is 1.36. The second-order valence-corrected chi connectivity index (χ2v) is 1.46. The molecule has 7 heavy (non-hydrogen) atoms. The van der Waals surface area contributed by atoms with Gasteiger partial charge in [-0.1, -0.05) is 6.92 Å². The summed E-state index contributed by atoms with van der Waals surface area (Å²) < 4.78 is 0. The van der Waals surface area contributed by atoms with Gasteiger partial charge in [-0.05, 0) is 0 Å². The van der Waals surface area contributed by atoms with Crippen molar-refractivity contribution in [1.29, 1.82) is 0 Å². The van der Waals surface area contributed by atoms with Crippen molar-refractivity contribution in [2.45, 2.75) is 13.8 Å². The first-order valence-electron chi connectivity index (χ1n) is 1.89. The van der Waals surface area contributed by atoms with Crippen LogP contribution in [-0.2, 0) is 21.7 Å². The molecular formula is C6H9Ti-. The van der Waals surface area contributed by atoms with Crippen molar-refractivity contribution in [2.75, 3.05) is 0 Å². The zero-order valence-electron chi connectivity index (χ0n) is 4.78. The maximum Gasteiger partial charge on any atom is 0 e. The molecule has 0 aliphatic carbocycles. The second kappa shape index (κ2) is 4.36. The second-order valence-electron chi connectivity index (χ2n) is 1.46. The molecule has 0 aliphatic heterocycles. The van der Waals surface area contributed by atoms with Gasteiger partial charge in [0.1, 0.15) is 0 Å². The summed E-state index contributed by atoms with van der Waals surface area (Å²) in [5.74, 6) is 0. The SMILES string of the molecule is [CH-]=C(C)C(=C)C.[Ti]. The summed E-state index contributed by atoms with van der Waals surface area (Å²) in [4.78, 5) is 0. The van der Waals surface area contributed by atoms with Crippen LogP contribution in [0.25, 0.3) is 0 Å². The Labute approximate surface area is 60.2 Å². The summed E-state index contributed by atoms with van der Waals surface area (Å²) >= 11 is 0. The van der Waals surface area contributed by atoms with E-state index in [4.69, 9.17) is 6.58 Å². The molecule has 0 aromatic heterocycles. The Bertz CT molecular complexity index is 70.2. The van der Waals surface area contributed by atoms with E-state index in [0.29, 0.717) is 0 Å². The van der Waals surface area contributed by atoms with Gasteiger partial charge in [0.2, 0.25) is 0 Å². The van der Waals surface area contributed by atoms with E-state index >= 15 is 0 Å². The van der Waals surface area contributed by atoms with Crippen LogP contribution in [-0.4, -0.2) is 0 Å². The molecular weight excluding hydrogens is 120 g/mol. The normalized spacial score (nSPS) is 6.57. The molecule has 0 nitrogen and oxygen atoms in total. The molecule has 38 valence electrons. The molecule has 0 unspecified atom stereocenters. The van der Waals surface area contributed by atoms with Gasteiger partial charge in [0.15, 0.2) is 0 Å². The van der Waals surface area contributed by atoms with Gasteiger partial charge >= 0.3 is 0 Å². The van der Waals surface area contributed by atoms with Crippen molar-refractivity contribution in [2.24, 2.45) is 0 Å². The third-order valence-electron chi connectivity index (χ3n) is 0.673. The molecule has 0 spiro atoms. The molecule has 0 amide bonds. The Balaban J connectivity index is 0. The molecule has 0 aromatic carbocycles. The topological polar surface area (TPSA) is 0 Å². The van der Waals surface area contributed by atoms with Crippen LogP contribution in [0.5, 0.6) is 0 Å². The molecule has 0 rings (SSSR count). The first kappa shape index (κ1) is 10.2. The van der Waals surface area contributed by atoms with E-state index in [1.165, 1.54) is 0 Å². The van der Waals surface area contributed by atoms with Crippen LogP contribution in [0.1, 0.15) is 13.8 Å². The van der Waals surface area contributed by atoms with E-state index in [9.17, 15) is 0 Å². The standard InChI is InChI=1S/C6H9.Ti/c1-5(2)6(3)4;/h1H,3H2,2,4H3;/q-1;. The number of hydrogen-bond donors (Lipinski definition) is 0.